The molecule has 2 N–H and O–H groups in total. The minimum absolute atomic E-state index is 0.0321. The Labute approximate surface area is 90.2 Å². The molecule has 0 saturated carbocycles. The van der Waals surface area contributed by atoms with Crippen LogP contribution in [0.2, 0.25) is 0 Å². The van der Waals surface area contributed by atoms with Crippen molar-refractivity contribution in [3.8, 4) is 0 Å². The van der Waals surface area contributed by atoms with Gasteiger partial charge in [0, 0.05) is 6.61 Å². The lowest BCUT2D eigenvalue weighted by atomic mass is 10.2. The van der Waals surface area contributed by atoms with Crippen LogP contribution in [0.5, 0.6) is 0 Å². The Morgan fingerprint density at radius 2 is 2.50 bits per heavy atom. The maximum Gasteiger partial charge on any atom is 0.0659 e. The fourth-order valence-electron chi connectivity index (χ4n) is 0.859. The molecule has 0 bridgehead atoms. The molecule has 0 amide bonds. The molecule has 1 heterocycles. The van der Waals surface area contributed by atoms with Gasteiger partial charge in [-0.2, -0.15) is 0 Å². The molecule has 68 valence electrons. The predicted octanol–water partition coefficient (Wildman–Crippen LogP) is 2.39. The molecule has 1 unspecified atom stereocenters. The number of hydrogen-bond donors (Lipinski definition) is 1. The first-order valence-electron chi connectivity index (χ1n) is 3.81. The molecule has 2 nitrogen and oxygen atoms in total. The van der Waals surface area contributed by atoms with Crippen molar-refractivity contribution >= 4 is 33.9 Å². The normalized spacial score (nSPS) is 13.2. The number of nitrogens with two attached hydrogens (primary N) is 1. The summed E-state index contributed by atoms with van der Waals surface area (Å²) in [5.41, 5.74) is 7.05. The van der Waals surface area contributed by atoms with Gasteiger partial charge in [0.2, 0.25) is 0 Å². The van der Waals surface area contributed by atoms with Crippen molar-refractivity contribution in [2.45, 2.75) is 13.0 Å². The van der Waals surface area contributed by atoms with Crippen molar-refractivity contribution in [1.29, 1.82) is 0 Å². The molecule has 0 fully saturated rings. The van der Waals surface area contributed by atoms with E-state index in [9.17, 15) is 0 Å². The Balaban J connectivity index is 2.47. The molecule has 1 aromatic heterocycles. The van der Waals surface area contributed by atoms with Crippen LogP contribution in [0, 0.1) is 2.88 Å². The van der Waals surface area contributed by atoms with Crippen molar-refractivity contribution in [2.24, 2.45) is 5.73 Å². The van der Waals surface area contributed by atoms with Crippen LogP contribution < -0.4 is 5.73 Å². The molecule has 1 rings (SSSR count). The second-order valence-corrected chi connectivity index (χ2v) is 5.26. The van der Waals surface area contributed by atoms with Crippen LogP contribution in [0.15, 0.2) is 11.4 Å². The summed E-state index contributed by atoms with van der Waals surface area (Å²) in [6, 6.07) is 2.14. The highest BCUT2D eigenvalue weighted by Gasteiger charge is 2.07. The van der Waals surface area contributed by atoms with E-state index in [2.05, 4.69) is 34.0 Å². The Kier molecular flexibility index (Phi) is 4.49. The molecular weight excluding hydrogens is 285 g/mol. The third-order valence-corrected chi connectivity index (χ3v) is 3.32. The third kappa shape index (κ3) is 3.01. The number of ether oxygens (including phenoxy) is 1. The summed E-state index contributed by atoms with van der Waals surface area (Å²) < 4.78 is 6.51. The summed E-state index contributed by atoms with van der Waals surface area (Å²) in [4.78, 5) is 0. The second-order valence-electron chi connectivity index (χ2n) is 2.45. The third-order valence-electron chi connectivity index (χ3n) is 1.52. The molecule has 0 aliphatic heterocycles. The Hall–Kier alpha value is 0.350. The van der Waals surface area contributed by atoms with Crippen molar-refractivity contribution in [1.82, 2.24) is 0 Å². The summed E-state index contributed by atoms with van der Waals surface area (Å²) in [5, 5.41) is 2.09. The molecule has 4 heteroatoms. The topological polar surface area (TPSA) is 35.2 Å². The first kappa shape index (κ1) is 10.4. The quantitative estimate of drug-likeness (QED) is 0.866. The molecule has 0 spiro atoms. The molecule has 0 aliphatic carbocycles. The summed E-state index contributed by atoms with van der Waals surface area (Å²) in [7, 11) is 0. The lowest BCUT2D eigenvalue weighted by Gasteiger charge is -2.08. The molecule has 12 heavy (non-hydrogen) atoms. The number of halogens is 1. The maximum absolute atomic E-state index is 5.87. The van der Waals surface area contributed by atoms with Crippen molar-refractivity contribution in [2.75, 3.05) is 13.2 Å². The Morgan fingerprint density at radius 3 is 3.00 bits per heavy atom. The highest BCUT2D eigenvalue weighted by atomic mass is 127. The molecule has 0 saturated heterocycles. The fourth-order valence-corrected chi connectivity index (χ4v) is 2.30. The van der Waals surface area contributed by atoms with Gasteiger partial charge in [0.25, 0.3) is 0 Å². The lowest BCUT2D eigenvalue weighted by molar-refractivity contribution is 0.133. The lowest BCUT2D eigenvalue weighted by Crippen LogP contribution is -2.16. The number of thiophene rings is 1. The zero-order chi connectivity index (χ0) is 8.97. The standard InChI is InChI=1S/C8H12INOS/c1-2-11-4-7(10)6-3-8(9)12-5-6/h3,5,7H,2,4,10H2,1H3. The fraction of sp³-hybridized carbons (Fsp3) is 0.500. The summed E-state index contributed by atoms with van der Waals surface area (Å²) in [6.45, 7) is 3.32. The van der Waals surface area contributed by atoms with Gasteiger partial charge < -0.3 is 10.5 Å². The first-order chi connectivity index (χ1) is 5.74. The predicted molar refractivity (Wildman–Crippen MR) is 60.5 cm³/mol. The van der Waals surface area contributed by atoms with Crippen LogP contribution >= 0.6 is 33.9 Å². The van der Waals surface area contributed by atoms with E-state index in [4.69, 9.17) is 10.5 Å². The monoisotopic (exact) mass is 297 g/mol. The van der Waals surface area contributed by atoms with Crippen molar-refractivity contribution in [3.63, 3.8) is 0 Å². The molecule has 0 radical (unpaired) electrons. The van der Waals surface area contributed by atoms with E-state index < -0.39 is 0 Å². The van der Waals surface area contributed by atoms with E-state index in [1.807, 2.05) is 6.92 Å². The first-order valence-corrected chi connectivity index (χ1v) is 5.77. The van der Waals surface area contributed by atoms with Crippen molar-refractivity contribution < 1.29 is 4.74 Å². The highest BCUT2D eigenvalue weighted by molar-refractivity contribution is 14.1. The van der Waals surface area contributed by atoms with Gasteiger partial charge in [0.05, 0.1) is 15.5 Å². The van der Waals surface area contributed by atoms with Gasteiger partial charge in [-0.3, -0.25) is 0 Å². The minimum atomic E-state index is 0.0321. The van der Waals surface area contributed by atoms with Crippen LogP contribution in [-0.2, 0) is 4.74 Å². The van der Waals surface area contributed by atoms with E-state index >= 15 is 0 Å². The average Bonchev–Trinajstić information content (AvgIpc) is 2.47. The average molecular weight is 297 g/mol. The molecule has 1 atom stereocenters. The van der Waals surface area contributed by atoms with Gasteiger partial charge in [-0.25, -0.2) is 0 Å². The zero-order valence-corrected chi connectivity index (χ0v) is 9.89. The van der Waals surface area contributed by atoms with Gasteiger partial charge >= 0.3 is 0 Å². The van der Waals surface area contributed by atoms with E-state index in [0.717, 1.165) is 6.61 Å². The van der Waals surface area contributed by atoms with E-state index in [1.165, 1.54) is 8.45 Å². The van der Waals surface area contributed by atoms with Crippen LogP contribution in [0.3, 0.4) is 0 Å². The molecular formula is C8H12INOS. The van der Waals surface area contributed by atoms with E-state index in [0.29, 0.717) is 6.61 Å². The van der Waals surface area contributed by atoms with Gasteiger partial charge in [-0.1, -0.05) is 0 Å². The largest absolute Gasteiger partial charge is 0.380 e. The minimum Gasteiger partial charge on any atom is -0.380 e. The van der Waals surface area contributed by atoms with E-state index in [1.54, 1.807) is 11.3 Å². The van der Waals surface area contributed by atoms with Crippen LogP contribution in [0.1, 0.15) is 18.5 Å². The summed E-state index contributed by atoms with van der Waals surface area (Å²) >= 11 is 4.01. The highest BCUT2D eigenvalue weighted by Crippen LogP contribution is 2.20. The summed E-state index contributed by atoms with van der Waals surface area (Å²) in [5.74, 6) is 0. The van der Waals surface area contributed by atoms with Gasteiger partial charge in [-0.05, 0) is 46.5 Å². The van der Waals surface area contributed by atoms with E-state index in [-0.39, 0.29) is 6.04 Å². The zero-order valence-electron chi connectivity index (χ0n) is 6.92. The van der Waals surface area contributed by atoms with Gasteiger partial charge in [-0.15, -0.1) is 11.3 Å². The van der Waals surface area contributed by atoms with Crippen LogP contribution in [0.25, 0.3) is 0 Å². The second kappa shape index (κ2) is 5.16. The number of rotatable bonds is 4. The van der Waals surface area contributed by atoms with Crippen LogP contribution in [-0.4, -0.2) is 13.2 Å². The van der Waals surface area contributed by atoms with Crippen molar-refractivity contribution in [3.05, 3.63) is 19.9 Å². The molecule has 1 aromatic rings. The SMILES string of the molecule is CCOCC(N)c1csc(I)c1. The number of hydrogen-bond acceptors (Lipinski definition) is 3. The van der Waals surface area contributed by atoms with Crippen LogP contribution in [0.4, 0.5) is 0 Å². The molecule has 0 aromatic carbocycles. The smallest absolute Gasteiger partial charge is 0.0659 e. The Morgan fingerprint density at radius 1 is 1.75 bits per heavy atom. The molecule has 0 aliphatic rings. The van der Waals surface area contributed by atoms with Gasteiger partial charge in [0.1, 0.15) is 0 Å². The maximum atomic E-state index is 5.87. The Bertz CT molecular complexity index is 239. The van der Waals surface area contributed by atoms with Gasteiger partial charge in [0.15, 0.2) is 0 Å². The summed E-state index contributed by atoms with van der Waals surface area (Å²) in [6.07, 6.45) is 0.